The van der Waals surface area contributed by atoms with Crippen molar-refractivity contribution in [1.82, 2.24) is 20.1 Å². The molecule has 0 unspecified atom stereocenters. The molecule has 150 valence electrons. The third kappa shape index (κ3) is 4.57. The molecular formula is C21H19F3N4O. The van der Waals surface area contributed by atoms with Crippen molar-refractivity contribution >= 4 is 16.9 Å². The van der Waals surface area contributed by atoms with Gasteiger partial charge < -0.3 is 5.32 Å². The highest BCUT2D eigenvalue weighted by Crippen LogP contribution is 2.29. The van der Waals surface area contributed by atoms with E-state index in [0.29, 0.717) is 22.3 Å². The lowest BCUT2D eigenvalue weighted by Crippen LogP contribution is -2.24. The fourth-order valence-electron chi connectivity index (χ4n) is 2.85. The summed E-state index contributed by atoms with van der Waals surface area (Å²) < 4.78 is 40.0. The second kappa shape index (κ2) is 7.95. The highest BCUT2D eigenvalue weighted by molar-refractivity contribution is 6.05. The van der Waals surface area contributed by atoms with Crippen molar-refractivity contribution in [2.75, 3.05) is 6.54 Å². The van der Waals surface area contributed by atoms with Crippen LogP contribution in [0, 0.1) is 18.8 Å². The van der Waals surface area contributed by atoms with Gasteiger partial charge in [0.1, 0.15) is 0 Å². The van der Waals surface area contributed by atoms with Crippen LogP contribution in [0.1, 0.15) is 47.1 Å². The lowest BCUT2D eigenvalue weighted by atomic mass is 10.1. The maximum absolute atomic E-state index is 12.7. The number of fused-ring (bicyclic) bond motifs is 1. The smallest absolute Gasteiger partial charge is 0.341 e. The number of aryl methyl sites for hydroxylation is 1. The highest BCUT2D eigenvalue weighted by Gasteiger charge is 2.30. The summed E-state index contributed by atoms with van der Waals surface area (Å²) in [5.74, 6) is 4.97. The van der Waals surface area contributed by atoms with Crippen molar-refractivity contribution in [3.63, 3.8) is 0 Å². The second-order valence-corrected chi connectivity index (χ2v) is 6.79. The predicted molar refractivity (Wildman–Crippen MR) is 103 cm³/mol. The molecule has 2 aromatic heterocycles. The molecule has 1 N–H and O–H groups in total. The van der Waals surface area contributed by atoms with Crippen LogP contribution in [0.25, 0.3) is 11.0 Å². The van der Waals surface area contributed by atoms with Gasteiger partial charge in [-0.2, -0.15) is 18.3 Å². The zero-order valence-electron chi connectivity index (χ0n) is 16.1. The number of nitrogens with one attached hydrogen (secondary N) is 1. The van der Waals surface area contributed by atoms with Crippen molar-refractivity contribution in [3.05, 3.63) is 58.9 Å². The molecule has 3 aromatic rings. The number of amides is 1. The average Bonchev–Trinajstić information content (AvgIpc) is 3.08. The maximum Gasteiger partial charge on any atom is 0.416 e. The van der Waals surface area contributed by atoms with E-state index in [1.165, 1.54) is 12.1 Å². The number of alkyl halides is 3. The van der Waals surface area contributed by atoms with Crippen molar-refractivity contribution in [1.29, 1.82) is 0 Å². The van der Waals surface area contributed by atoms with Gasteiger partial charge in [0.25, 0.3) is 5.91 Å². The zero-order chi connectivity index (χ0) is 21.2. The molecule has 0 spiro atoms. The van der Waals surface area contributed by atoms with Gasteiger partial charge in [0.05, 0.1) is 29.3 Å². The largest absolute Gasteiger partial charge is 0.416 e. The van der Waals surface area contributed by atoms with E-state index in [1.807, 2.05) is 13.8 Å². The van der Waals surface area contributed by atoms with Crippen LogP contribution in [0.3, 0.4) is 0 Å². The van der Waals surface area contributed by atoms with E-state index >= 15 is 0 Å². The molecule has 0 aliphatic rings. The van der Waals surface area contributed by atoms with Gasteiger partial charge in [-0.15, -0.1) is 0 Å². The van der Waals surface area contributed by atoms with Gasteiger partial charge in [0.15, 0.2) is 5.65 Å². The van der Waals surface area contributed by atoms with E-state index < -0.39 is 11.7 Å². The Morgan fingerprint density at radius 3 is 2.72 bits per heavy atom. The summed E-state index contributed by atoms with van der Waals surface area (Å²) in [6, 6.07) is 6.52. The van der Waals surface area contributed by atoms with E-state index in [0.717, 1.165) is 12.1 Å². The quantitative estimate of drug-likeness (QED) is 0.673. The molecule has 29 heavy (non-hydrogen) atoms. The van der Waals surface area contributed by atoms with Gasteiger partial charge in [-0.3, -0.25) is 4.79 Å². The predicted octanol–water partition coefficient (Wildman–Crippen LogP) is 4.12. The molecule has 5 nitrogen and oxygen atoms in total. The van der Waals surface area contributed by atoms with E-state index in [9.17, 15) is 18.0 Å². The van der Waals surface area contributed by atoms with Crippen LogP contribution in [-0.2, 0) is 6.18 Å². The Morgan fingerprint density at radius 2 is 2.03 bits per heavy atom. The van der Waals surface area contributed by atoms with Crippen LogP contribution in [0.5, 0.6) is 0 Å². The Labute approximate surface area is 165 Å². The SMILES string of the molecule is Cc1cc(C(=O)NCC#Cc2cccc(C(F)(F)F)c2)c2cnn(C(C)C)c2n1. The Bertz CT molecular complexity index is 1120. The fourth-order valence-corrected chi connectivity index (χ4v) is 2.85. The molecule has 0 saturated carbocycles. The Morgan fingerprint density at radius 1 is 1.28 bits per heavy atom. The zero-order valence-corrected chi connectivity index (χ0v) is 16.1. The van der Waals surface area contributed by atoms with E-state index in [4.69, 9.17) is 0 Å². The number of hydrogen-bond donors (Lipinski definition) is 1. The molecule has 2 heterocycles. The lowest BCUT2D eigenvalue weighted by Gasteiger charge is -2.08. The molecule has 3 rings (SSSR count). The van der Waals surface area contributed by atoms with Crippen molar-refractivity contribution < 1.29 is 18.0 Å². The number of rotatable bonds is 3. The standard InChI is InChI=1S/C21H19F3N4O/c1-13(2)28-19-18(12-26-28)17(10-14(3)27-19)20(29)25-9-5-7-15-6-4-8-16(11-15)21(22,23)24/h4,6,8,10-13H,9H2,1-3H3,(H,25,29). The third-order valence-corrected chi connectivity index (χ3v) is 4.19. The molecule has 0 bridgehead atoms. The van der Waals surface area contributed by atoms with E-state index in [1.54, 1.807) is 23.9 Å². The summed E-state index contributed by atoms with van der Waals surface area (Å²) >= 11 is 0. The normalized spacial score (nSPS) is 11.4. The summed E-state index contributed by atoms with van der Waals surface area (Å²) in [5.41, 5.74) is 1.21. The summed E-state index contributed by atoms with van der Waals surface area (Å²) in [7, 11) is 0. The van der Waals surface area contributed by atoms with Gasteiger partial charge in [-0.05, 0) is 45.0 Å². The fraction of sp³-hybridized carbons (Fsp3) is 0.286. The lowest BCUT2D eigenvalue weighted by molar-refractivity contribution is -0.137. The number of pyridine rings is 1. The summed E-state index contributed by atoms with van der Waals surface area (Å²) in [6.45, 7) is 5.73. The monoisotopic (exact) mass is 400 g/mol. The summed E-state index contributed by atoms with van der Waals surface area (Å²) in [4.78, 5) is 17.1. The molecular weight excluding hydrogens is 381 g/mol. The second-order valence-electron chi connectivity index (χ2n) is 6.79. The molecule has 0 fully saturated rings. The van der Waals surface area contributed by atoms with Crippen LogP contribution in [0.4, 0.5) is 13.2 Å². The Hall–Kier alpha value is -3.34. The molecule has 8 heteroatoms. The molecule has 0 aliphatic heterocycles. The van der Waals surface area contributed by atoms with E-state index in [-0.39, 0.29) is 24.1 Å². The molecule has 1 aromatic carbocycles. The highest BCUT2D eigenvalue weighted by atomic mass is 19.4. The van der Waals surface area contributed by atoms with Crippen molar-refractivity contribution in [2.45, 2.75) is 33.0 Å². The minimum atomic E-state index is -4.42. The third-order valence-electron chi connectivity index (χ3n) is 4.19. The topological polar surface area (TPSA) is 59.8 Å². The molecule has 0 aliphatic carbocycles. The van der Waals surface area contributed by atoms with E-state index in [2.05, 4.69) is 27.2 Å². The minimum absolute atomic E-state index is 0.00371. The Kier molecular flexibility index (Phi) is 5.59. The van der Waals surface area contributed by atoms with Crippen molar-refractivity contribution in [3.8, 4) is 11.8 Å². The first-order valence-electron chi connectivity index (χ1n) is 8.96. The van der Waals surface area contributed by atoms with Crippen LogP contribution in [0.15, 0.2) is 36.5 Å². The van der Waals surface area contributed by atoms with Gasteiger partial charge in [0.2, 0.25) is 0 Å². The molecule has 1 amide bonds. The molecule has 0 radical (unpaired) electrons. The Balaban J connectivity index is 1.76. The first kappa shape index (κ1) is 20.4. The maximum atomic E-state index is 12.7. The van der Waals surface area contributed by atoms with Gasteiger partial charge in [-0.1, -0.05) is 17.9 Å². The number of nitrogens with zero attached hydrogens (tertiary/aromatic N) is 3. The van der Waals surface area contributed by atoms with Crippen LogP contribution < -0.4 is 5.32 Å². The van der Waals surface area contributed by atoms with Gasteiger partial charge in [-0.25, -0.2) is 9.67 Å². The van der Waals surface area contributed by atoms with Crippen molar-refractivity contribution in [2.24, 2.45) is 0 Å². The first-order chi connectivity index (χ1) is 13.7. The van der Waals surface area contributed by atoms with Crippen LogP contribution in [0.2, 0.25) is 0 Å². The van der Waals surface area contributed by atoms with Crippen LogP contribution in [-0.4, -0.2) is 27.2 Å². The first-order valence-corrected chi connectivity index (χ1v) is 8.96. The average molecular weight is 400 g/mol. The molecule has 0 saturated heterocycles. The number of benzene rings is 1. The van der Waals surface area contributed by atoms with Crippen LogP contribution >= 0.6 is 0 Å². The number of aromatic nitrogens is 3. The number of halogens is 3. The summed E-state index contributed by atoms with van der Waals surface area (Å²) in [5, 5.41) is 7.60. The van der Waals surface area contributed by atoms with Gasteiger partial charge >= 0.3 is 6.18 Å². The number of carbonyl (C=O) groups is 1. The summed E-state index contributed by atoms with van der Waals surface area (Å²) in [6.07, 6.45) is -2.82. The number of hydrogen-bond acceptors (Lipinski definition) is 3. The van der Waals surface area contributed by atoms with Gasteiger partial charge in [0, 0.05) is 17.3 Å². The molecule has 0 atom stereocenters. The minimum Gasteiger partial charge on any atom is -0.341 e. The number of carbonyl (C=O) groups excluding carboxylic acids is 1.